The summed E-state index contributed by atoms with van der Waals surface area (Å²) in [7, 11) is 0. The molecule has 0 unspecified atom stereocenters. The molecule has 3 heteroatoms. The van der Waals surface area contributed by atoms with Crippen molar-refractivity contribution in [2.24, 2.45) is 0 Å². The summed E-state index contributed by atoms with van der Waals surface area (Å²) in [4.78, 5) is 0. The third-order valence-electron chi connectivity index (χ3n) is 2.97. The van der Waals surface area contributed by atoms with Gasteiger partial charge in [-0.25, -0.2) is 0 Å². The van der Waals surface area contributed by atoms with Crippen LogP contribution in [0.15, 0.2) is 48.5 Å². The number of benzene rings is 2. The largest absolute Gasteiger partial charge is 0.508 e. The van der Waals surface area contributed by atoms with E-state index in [2.05, 4.69) is 18.3 Å². The molecule has 106 valence electrons. The van der Waals surface area contributed by atoms with E-state index >= 15 is 0 Å². The average molecular weight is 271 g/mol. The maximum Gasteiger partial charge on any atom is 0.120 e. The summed E-state index contributed by atoms with van der Waals surface area (Å²) in [5, 5.41) is 12.8. The minimum absolute atomic E-state index is 0.267. The number of hydrogen-bond acceptors (Lipinski definition) is 3. The lowest BCUT2D eigenvalue weighted by molar-refractivity contribution is 0.305. The second-order valence-electron chi connectivity index (χ2n) is 4.78. The van der Waals surface area contributed by atoms with Crippen molar-refractivity contribution in [2.45, 2.75) is 26.5 Å². The van der Waals surface area contributed by atoms with Gasteiger partial charge < -0.3 is 15.2 Å². The van der Waals surface area contributed by atoms with Gasteiger partial charge in [-0.15, -0.1) is 0 Å². The van der Waals surface area contributed by atoms with Crippen molar-refractivity contribution in [3.63, 3.8) is 0 Å². The molecule has 2 rings (SSSR count). The van der Waals surface area contributed by atoms with Crippen molar-refractivity contribution >= 4 is 0 Å². The highest BCUT2D eigenvalue weighted by Crippen LogP contribution is 2.17. The molecular weight excluding hydrogens is 250 g/mol. The van der Waals surface area contributed by atoms with E-state index in [0.717, 1.165) is 30.8 Å². The zero-order valence-electron chi connectivity index (χ0n) is 11.8. The van der Waals surface area contributed by atoms with Gasteiger partial charge in [-0.1, -0.05) is 31.2 Å². The highest BCUT2D eigenvalue weighted by Gasteiger charge is 1.99. The zero-order chi connectivity index (χ0) is 14.2. The lowest BCUT2D eigenvalue weighted by Gasteiger charge is -2.09. The Morgan fingerprint density at radius 3 is 2.65 bits per heavy atom. The second-order valence-corrected chi connectivity index (χ2v) is 4.78. The molecule has 0 radical (unpaired) electrons. The number of rotatable bonds is 7. The summed E-state index contributed by atoms with van der Waals surface area (Å²) < 4.78 is 5.76. The Hall–Kier alpha value is -2.00. The number of ether oxygens (including phenoxy) is 1. The summed E-state index contributed by atoms with van der Waals surface area (Å²) in [5.41, 5.74) is 2.17. The van der Waals surface area contributed by atoms with Crippen LogP contribution in [0.4, 0.5) is 0 Å². The van der Waals surface area contributed by atoms with Crippen LogP contribution in [0.1, 0.15) is 24.5 Å². The predicted molar refractivity (Wildman–Crippen MR) is 80.9 cm³/mol. The highest BCUT2D eigenvalue weighted by molar-refractivity contribution is 5.30. The van der Waals surface area contributed by atoms with E-state index in [-0.39, 0.29) is 5.75 Å². The fraction of sp³-hybridized carbons (Fsp3) is 0.294. The van der Waals surface area contributed by atoms with E-state index in [1.54, 1.807) is 12.1 Å². The van der Waals surface area contributed by atoms with Crippen molar-refractivity contribution in [3.8, 4) is 11.5 Å². The predicted octanol–water partition coefficient (Wildman–Crippen LogP) is 3.47. The van der Waals surface area contributed by atoms with Crippen LogP contribution in [0, 0.1) is 0 Å². The SMILES string of the molecule is CCCNCc1cccc(OCc2cccc(O)c2)c1. The fourth-order valence-corrected chi connectivity index (χ4v) is 1.97. The van der Waals surface area contributed by atoms with E-state index in [9.17, 15) is 5.11 Å². The van der Waals surface area contributed by atoms with Crippen LogP contribution < -0.4 is 10.1 Å². The molecule has 0 fully saturated rings. The molecule has 0 aliphatic heterocycles. The van der Waals surface area contributed by atoms with Crippen LogP contribution >= 0.6 is 0 Å². The number of hydrogen-bond donors (Lipinski definition) is 2. The third-order valence-corrected chi connectivity index (χ3v) is 2.97. The van der Waals surface area contributed by atoms with Gasteiger partial charge in [-0.3, -0.25) is 0 Å². The molecule has 2 aromatic rings. The van der Waals surface area contributed by atoms with Crippen LogP contribution in [0.2, 0.25) is 0 Å². The Kier molecular flexibility index (Phi) is 5.44. The van der Waals surface area contributed by atoms with Crippen LogP contribution in [-0.2, 0) is 13.2 Å². The van der Waals surface area contributed by atoms with Crippen LogP contribution in [0.3, 0.4) is 0 Å². The van der Waals surface area contributed by atoms with Gasteiger partial charge in [0.25, 0.3) is 0 Å². The summed E-state index contributed by atoms with van der Waals surface area (Å²) in [6, 6.07) is 15.2. The molecule has 0 amide bonds. The topological polar surface area (TPSA) is 41.5 Å². The molecule has 20 heavy (non-hydrogen) atoms. The van der Waals surface area contributed by atoms with Gasteiger partial charge in [-0.05, 0) is 48.4 Å². The van der Waals surface area contributed by atoms with Crippen molar-refractivity contribution in [3.05, 3.63) is 59.7 Å². The van der Waals surface area contributed by atoms with E-state index in [4.69, 9.17) is 4.74 Å². The maximum absolute atomic E-state index is 9.41. The summed E-state index contributed by atoms with van der Waals surface area (Å²) >= 11 is 0. The molecule has 3 nitrogen and oxygen atoms in total. The standard InChI is InChI=1S/C17H21NO2/c1-2-9-18-12-14-5-4-8-17(11-14)20-13-15-6-3-7-16(19)10-15/h3-8,10-11,18-19H,2,9,12-13H2,1H3. The Bertz CT molecular complexity index is 540. The van der Waals surface area contributed by atoms with Gasteiger partial charge in [0, 0.05) is 6.54 Å². The molecule has 0 spiro atoms. The van der Waals surface area contributed by atoms with Gasteiger partial charge in [0.05, 0.1) is 0 Å². The van der Waals surface area contributed by atoms with E-state index in [0.29, 0.717) is 6.61 Å². The molecular formula is C17H21NO2. The molecule has 0 heterocycles. The number of aromatic hydroxyl groups is 1. The summed E-state index contributed by atoms with van der Waals surface area (Å²) in [5.74, 6) is 1.12. The fourth-order valence-electron chi connectivity index (χ4n) is 1.97. The van der Waals surface area contributed by atoms with Gasteiger partial charge in [0.2, 0.25) is 0 Å². The highest BCUT2D eigenvalue weighted by atomic mass is 16.5. The lowest BCUT2D eigenvalue weighted by atomic mass is 10.2. The number of phenolic OH excluding ortho intramolecular Hbond substituents is 1. The van der Waals surface area contributed by atoms with Gasteiger partial charge in [-0.2, -0.15) is 0 Å². The third kappa shape index (κ3) is 4.59. The van der Waals surface area contributed by atoms with Crippen LogP contribution in [0.5, 0.6) is 11.5 Å². The Morgan fingerprint density at radius 2 is 1.85 bits per heavy atom. The van der Waals surface area contributed by atoms with E-state index in [1.807, 2.05) is 30.3 Å². The molecule has 0 saturated heterocycles. The Labute approximate surface area is 120 Å². The smallest absolute Gasteiger partial charge is 0.120 e. The van der Waals surface area contributed by atoms with Gasteiger partial charge in [0.1, 0.15) is 18.1 Å². The van der Waals surface area contributed by atoms with Gasteiger partial charge in [0.15, 0.2) is 0 Å². The molecule has 2 aromatic carbocycles. The first-order valence-corrected chi connectivity index (χ1v) is 6.98. The molecule has 0 aliphatic carbocycles. The summed E-state index contributed by atoms with van der Waals surface area (Å²) in [6.07, 6.45) is 1.13. The zero-order valence-corrected chi connectivity index (χ0v) is 11.8. The molecule has 0 bridgehead atoms. The molecule has 2 N–H and O–H groups in total. The quantitative estimate of drug-likeness (QED) is 0.758. The molecule has 0 aromatic heterocycles. The number of phenols is 1. The van der Waals surface area contributed by atoms with Crippen LogP contribution in [-0.4, -0.2) is 11.7 Å². The Balaban J connectivity index is 1.91. The van der Waals surface area contributed by atoms with Crippen molar-refractivity contribution in [2.75, 3.05) is 6.54 Å². The molecule has 0 saturated carbocycles. The minimum atomic E-state index is 0.267. The van der Waals surface area contributed by atoms with Crippen LogP contribution in [0.25, 0.3) is 0 Å². The normalized spacial score (nSPS) is 10.4. The average Bonchev–Trinajstić information content (AvgIpc) is 2.46. The first-order valence-electron chi connectivity index (χ1n) is 6.98. The molecule has 0 atom stereocenters. The first kappa shape index (κ1) is 14.4. The van der Waals surface area contributed by atoms with E-state index in [1.165, 1.54) is 5.56 Å². The molecule has 0 aliphatic rings. The van der Waals surface area contributed by atoms with Crippen molar-refractivity contribution in [1.82, 2.24) is 5.32 Å². The van der Waals surface area contributed by atoms with Crippen molar-refractivity contribution in [1.29, 1.82) is 0 Å². The number of nitrogens with one attached hydrogen (secondary N) is 1. The van der Waals surface area contributed by atoms with Gasteiger partial charge >= 0.3 is 0 Å². The monoisotopic (exact) mass is 271 g/mol. The lowest BCUT2D eigenvalue weighted by Crippen LogP contribution is -2.13. The van der Waals surface area contributed by atoms with Crippen molar-refractivity contribution < 1.29 is 9.84 Å². The van der Waals surface area contributed by atoms with E-state index < -0.39 is 0 Å². The summed E-state index contributed by atoms with van der Waals surface area (Å²) in [6.45, 7) is 4.49. The first-order chi connectivity index (χ1) is 9.78. The maximum atomic E-state index is 9.41. The second kappa shape index (κ2) is 7.56. The minimum Gasteiger partial charge on any atom is -0.508 e. The Morgan fingerprint density at radius 1 is 1.05 bits per heavy atom.